The molecule has 12 atom stereocenters. The number of nitrogens with two attached hydrogens (primary N) is 2. The molecule has 4 heterocycles. The molecule has 4 aromatic rings. The van der Waals surface area contributed by atoms with Gasteiger partial charge >= 0.3 is 31.1 Å². The minimum atomic E-state index is -4.64. The molecular weight excluding hydrogens is 1120 g/mol. The fourth-order valence-corrected chi connectivity index (χ4v) is 7.30. The van der Waals surface area contributed by atoms with Crippen molar-refractivity contribution in [2.45, 2.75) is 75.1 Å². The van der Waals surface area contributed by atoms with E-state index in [1.807, 2.05) is 55.5 Å². The Kier molecular flexibility index (Phi) is 28.5. The third-order valence-electron chi connectivity index (χ3n) is 10.0. The third kappa shape index (κ3) is 21.0. The average molecular weight is 1180 g/mol. The molecule has 2 aliphatic rings. The number of ether oxygens (including phenoxy) is 2. The second-order valence-corrected chi connectivity index (χ2v) is 20.2. The van der Waals surface area contributed by atoms with E-state index in [1.54, 1.807) is 52.7 Å². The molecule has 8 unspecified atom stereocenters. The number of phosphoric acid groups is 2. The van der Waals surface area contributed by atoms with Crippen LogP contribution in [0.4, 0.5) is 11.4 Å². The van der Waals surface area contributed by atoms with Crippen molar-refractivity contribution in [2.75, 3.05) is 24.0 Å². The summed E-state index contributed by atoms with van der Waals surface area (Å²) >= 11 is 0. The van der Waals surface area contributed by atoms with Gasteiger partial charge < -0.3 is 91.2 Å². The number of aliphatic hydroxyl groups is 8. The van der Waals surface area contributed by atoms with Crippen LogP contribution in [0.2, 0.25) is 0 Å². The number of hydrogen-bond donors (Lipinski definition) is 22. The Morgan fingerprint density at radius 2 is 0.947 bits per heavy atom. The highest BCUT2D eigenvalue weighted by atomic mass is 31.2. The first kappa shape index (κ1) is 70.0. The van der Waals surface area contributed by atoms with Gasteiger partial charge in [0.1, 0.15) is 48.0 Å². The quantitative estimate of drug-likeness (QED) is 0.0361. The van der Waals surface area contributed by atoms with E-state index in [1.165, 1.54) is 9.36 Å². The van der Waals surface area contributed by atoms with Crippen molar-refractivity contribution in [3.05, 3.63) is 92.8 Å². The summed E-state index contributed by atoms with van der Waals surface area (Å²) < 4.78 is 68.2. The summed E-state index contributed by atoms with van der Waals surface area (Å²) in [5.41, 5.74) is 13.1. The van der Waals surface area contributed by atoms with E-state index in [2.05, 4.69) is 23.4 Å². The fourth-order valence-electron chi connectivity index (χ4n) is 6.01. The molecule has 2 aliphatic heterocycles. The van der Waals surface area contributed by atoms with Crippen molar-refractivity contribution >= 4 is 42.5 Å². The molecule has 38 nitrogen and oxygen atoms in total. The molecule has 0 radical (unpaired) electrons. The second kappa shape index (κ2) is 30.9. The van der Waals surface area contributed by atoms with Gasteiger partial charge in [0.25, 0.3) is 11.1 Å². The van der Waals surface area contributed by atoms with Gasteiger partial charge in [0.2, 0.25) is 0 Å². The van der Waals surface area contributed by atoms with Crippen molar-refractivity contribution in [3.8, 4) is 11.4 Å². The van der Waals surface area contributed by atoms with Crippen LogP contribution in [0, 0.1) is 13.8 Å². The van der Waals surface area contributed by atoms with Gasteiger partial charge in [-0.05, 0) is 38.1 Å². The van der Waals surface area contributed by atoms with Gasteiger partial charge in [0.15, 0.2) is 12.6 Å². The highest BCUT2D eigenvalue weighted by molar-refractivity contribution is 7.54. The van der Waals surface area contributed by atoms with E-state index in [9.17, 15) is 58.3 Å². The monoisotopic (exact) mass is 1180 g/mol. The Balaban J connectivity index is 0.000000477. The van der Waals surface area contributed by atoms with Crippen molar-refractivity contribution in [2.24, 2.45) is 19.8 Å². The van der Waals surface area contributed by atoms with Gasteiger partial charge in [-0.25, -0.2) is 53.7 Å². The highest BCUT2D eigenvalue weighted by Gasteiger charge is 2.46. The molecule has 2 aromatic carbocycles. The van der Waals surface area contributed by atoms with E-state index in [0.29, 0.717) is 17.1 Å². The fraction of sp³-hybridized carbons (Fsp3) is 0.471. The summed E-state index contributed by atoms with van der Waals surface area (Å²) in [6, 6.07) is 15.6. The van der Waals surface area contributed by atoms with Gasteiger partial charge in [0.05, 0.1) is 48.1 Å². The Bertz CT molecular complexity index is 2680. The van der Waals surface area contributed by atoms with Crippen LogP contribution < -0.4 is 32.8 Å². The van der Waals surface area contributed by atoms with Gasteiger partial charge in [-0.1, -0.05) is 36.4 Å². The first-order valence-electron chi connectivity index (χ1n) is 20.5. The Morgan fingerprint density at radius 3 is 1.30 bits per heavy atom. The highest BCUT2D eigenvalue weighted by Crippen LogP contribution is 2.41. The third-order valence-corrected chi connectivity index (χ3v) is 12.0. The zero-order valence-corrected chi connectivity index (χ0v) is 43.2. The van der Waals surface area contributed by atoms with E-state index in [4.69, 9.17) is 77.0 Å². The molecule has 0 aliphatic carbocycles. The van der Waals surface area contributed by atoms with Gasteiger partial charge in [-0.15, -0.1) is 18.7 Å². The number of nitrogens with zero attached hydrogens (tertiary/aromatic N) is 4. The maximum absolute atomic E-state index is 12.3. The molecule has 2 saturated heterocycles. The van der Waals surface area contributed by atoms with Crippen LogP contribution in [-0.4, -0.2) is 184 Å². The summed E-state index contributed by atoms with van der Waals surface area (Å²) in [7, 11) is -14.8. The van der Waals surface area contributed by atoms with Crippen LogP contribution in [0.25, 0.3) is 11.4 Å². The van der Waals surface area contributed by atoms with Crippen molar-refractivity contribution in [3.63, 3.8) is 0 Å². The molecule has 42 heteroatoms. The molecule has 76 heavy (non-hydrogen) atoms. The normalized spacial score (nSPS) is 24.8. The summed E-state index contributed by atoms with van der Waals surface area (Å²) in [5, 5.41) is 108. The molecule has 0 bridgehead atoms. The van der Waals surface area contributed by atoms with Crippen LogP contribution in [0.5, 0.6) is 0 Å². The smallest absolute Gasteiger partial charge is 0.394 e. The molecule has 0 amide bonds. The standard InChI is InChI=1S/C11H14N3O5P.C11H13N3O.C6H14NO9P.C6H13NO5.2H3O5P/c1-8-10(12-20(17,18)19-16)11(15)14(13(8)2)9-6-4-3-5-7-9;1-8-10(12)11(15)14(13(8)2)9-6-4-3-5-7-9;8-1-2-4(9)5(10)3(6(11)15-2)7-17(13,14)16-12;7-3-5(10)4(9)2(1-8)12-6(3)11;2*1-5-6(2,3)4/h3-7,16H,1-2H3,(H2,12,17,18);3-7H,12H2,1-2H3;2-6,8-12H,1H2,(H2,7,13,14);2-6,8-11H,1,7H2;2*1H,(H2,2,3,4)/t;;2?,3?,4-,5-,6?;2?,3-,4-,5?,6?;;/m..00../s1. The van der Waals surface area contributed by atoms with E-state index < -0.39 is 111 Å². The largest absolute Gasteiger partial charge is 0.496 e. The summed E-state index contributed by atoms with van der Waals surface area (Å²) in [5.74, 6) is 0. The number of anilines is 2. The van der Waals surface area contributed by atoms with Crippen molar-refractivity contribution in [1.29, 1.82) is 0 Å². The molecular formula is C34H60N8O30P4. The SMILES string of the molecule is Cc1c(N)c(=O)n(-c2ccccc2)n1C.Cc1c(NP(=O)(O)OO)c(=O)n(-c2ccccc2)n1C.N[C@@H]1C(O)OC(CO)[C@H](O)C1O.O=P(O)(NC1C(O)OC(CO)[C@H](O)[C@H]1O)OO.O=P(O)(O)OO.O=P(O)(O)OO. The van der Waals surface area contributed by atoms with E-state index in [0.717, 1.165) is 11.4 Å². The predicted molar refractivity (Wildman–Crippen MR) is 253 cm³/mol. The molecule has 6 rings (SSSR count). The van der Waals surface area contributed by atoms with Crippen LogP contribution in [0.15, 0.2) is 70.3 Å². The second-order valence-electron chi connectivity index (χ2n) is 15.1. The predicted octanol–water partition coefficient (Wildman–Crippen LogP) is -4.60. The van der Waals surface area contributed by atoms with Crippen LogP contribution in [0.3, 0.4) is 0 Å². The molecule has 436 valence electrons. The van der Waals surface area contributed by atoms with Gasteiger partial charge in [-0.3, -0.25) is 24.0 Å². The topological polar surface area (TPSA) is 618 Å². The zero-order valence-electron chi connectivity index (χ0n) is 39.6. The number of para-hydroxylation sites is 2. The Morgan fingerprint density at radius 1 is 0.579 bits per heavy atom. The first-order valence-corrected chi connectivity index (χ1v) is 26.7. The summed E-state index contributed by atoms with van der Waals surface area (Å²) in [6.45, 7) is 2.30. The minimum absolute atomic E-state index is 0.115. The number of rotatable bonds is 12. The lowest BCUT2D eigenvalue weighted by atomic mass is 9.98. The van der Waals surface area contributed by atoms with Crippen LogP contribution in [-0.2, 0) is 60.5 Å². The number of nitrogens with one attached hydrogen (secondary N) is 2. The van der Waals surface area contributed by atoms with Crippen molar-refractivity contribution in [1.82, 2.24) is 23.8 Å². The number of benzene rings is 2. The van der Waals surface area contributed by atoms with Crippen LogP contribution in [0.1, 0.15) is 11.4 Å². The molecule has 24 N–H and O–H groups in total. The van der Waals surface area contributed by atoms with Crippen molar-refractivity contribution < 1.29 is 138 Å². The first-order chi connectivity index (χ1) is 35.0. The summed E-state index contributed by atoms with van der Waals surface area (Å²) in [6.07, 6.45) is -11.1. The maximum atomic E-state index is 12.3. The number of aromatic nitrogens is 4. The number of aliphatic hydroxyl groups excluding tert-OH is 8. The van der Waals surface area contributed by atoms with Gasteiger partial charge in [-0.2, -0.15) is 0 Å². The average Bonchev–Trinajstić information content (AvgIpc) is 3.70. The maximum Gasteiger partial charge on any atom is 0.496 e. The number of nitrogen functional groups attached to an aromatic ring is 1. The number of hydrogen-bond acceptors (Lipinski definition) is 26. The summed E-state index contributed by atoms with van der Waals surface area (Å²) in [4.78, 5) is 72.1. The zero-order chi connectivity index (χ0) is 58.8. The molecule has 2 fully saturated rings. The lowest BCUT2D eigenvalue weighted by Crippen LogP contribution is -2.62. The molecule has 2 aromatic heterocycles. The minimum Gasteiger partial charge on any atom is -0.394 e. The lowest BCUT2D eigenvalue weighted by Gasteiger charge is -2.40. The van der Waals surface area contributed by atoms with Gasteiger partial charge in [0, 0.05) is 14.1 Å². The Labute approximate surface area is 426 Å². The Hall–Kier alpha value is -4.06. The van der Waals surface area contributed by atoms with E-state index in [-0.39, 0.29) is 11.2 Å². The van der Waals surface area contributed by atoms with Crippen LogP contribution >= 0.6 is 31.1 Å². The lowest BCUT2D eigenvalue weighted by molar-refractivity contribution is -0.253. The molecule has 0 spiro atoms. The molecule has 0 saturated carbocycles. The van der Waals surface area contributed by atoms with E-state index >= 15 is 0 Å².